The summed E-state index contributed by atoms with van der Waals surface area (Å²) in [6.45, 7) is 15.8. The molecule has 0 spiro atoms. The second kappa shape index (κ2) is 13.4. The van der Waals surface area contributed by atoms with E-state index in [0.29, 0.717) is 22.2 Å². The number of pyridine rings is 1. The number of nitrogens with zero attached hydrogens (tertiary/aromatic N) is 3. The number of aryl methyl sites for hydroxylation is 1. The van der Waals surface area contributed by atoms with E-state index >= 15 is 0 Å². The predicted octanol–water partition coefficient (Wildman–Crippen LogP) is 3.23. The van der Waals surface area contributed by atoms with Gasteiger partial charge in [-0.1, -0.05) is 25.4 Å². The molecule has 9 heteroatoms. The van der Waals surface area contributed by atoms with Gasteiger partial charge in [-0.3, -0.25) is 9.69 Å². The molecule has 1 aliphatic rings. The van der Waals surface area contributed by atoms with Crippen LogP contribution < -0.4 is 10.9 Å². The first-order chi connectivity index (χ1) is 16.4. The van der Waals surface area contributed by atoms with Crippen LogP contribution in [0.1, 0.15) is 31.4 Å². The van der Waals surface area contributed by atoms with Crippen molar-refractivity contribution in [2.24, 2.45) is 0 Å². The van der Waals surface area contributed by atoms with Gasteiger partial charge in [-0.25, -0.2) is 0 Å². The Balaban J connectivity index is 1.70. The summed E-state index contributed by atoms with van der Waals surface area (Å²) in [5.41, 5.74) is 2.33. The summed E-state index contributed by atoms with van der Waals surface area (Å²) in [5.74, 6) is 0. The first-order valence-electron chi connectivity index (χ1n) is 12.3. The summed E-state index contributed by atoms with van der Waals surface area (Å²) in [5, 5.41) is 5.75. The lowest BCUT2D eigenvalue weighted by atomic mass is 10.1. The Bertz CT molecular complexity index is 1000. The summed E-state index contributed by atoms with van der Waals surface area (Å²) in [6, 6.07) is 5.79. The molecule has 0 unspecified atom stereocenters. The summed E-state index contributed by atoms with van der Waals surface area (Å²) in [6.07, 6.45) is 1.02. The fourth-order valence-electron chi connectivity index (χ4n) is 4.20. The molecule has 188 valence electrons. The molecular weight excluding hydrogens is 470 g/mol. The van der Waals surface area contributed by atoms with Crippen molar-refractivity contribution in [2.45, 2.75) is 33.7 Å². The molecular formula is C25H38ClN5O2S. The molecule has 1 fully saturated rings. The topological polar surface area (TPSA) is 63.8 Å². The Morgan fingerprint density at radius 1 is 1.21 bits per heavy atom. The molecule has 1 saturated heterocycles. The standard InChI is InChI=1S/C25H38ClN5O2S/c1-4-29(5-2)8-6-7-27-25(34)31(10-9-30-11-13-33-14-12-30)18-21-16-20-15-19(3)22(26)17-23(20)28-24(21)32/h15-17H,4-14,18H2,1-3H3,(H,27,34)(H,28,32). The largest absolute Gasteiger partial charge is 0.379 e. The van der Waals surface area contributed by atoms with Crippen LogP contribution in [0.25, 0.3) is 10.9 Å². The van der Waals surface area contributed by atoms with Gasteiger partial charge in [0.2, 0.25) is 0 Å². The predicted molar refractivity (Wildman–Crippen MR) is 145 cm³/mol. The minimum absolute atomic E-state index is 0.104. The fourth-order valence-corrected chi connectivity index (χ4v) is 4.62. The summed E-state index contributed by atoms with van der Waals surface area (Å²) >= 11 is 12.0. The van der Waals surface area contributed by atoms with Gasteiger partial charge in [0.1, 0.15) is 0 Å². The van der Waals surface area contributed by atoms with Gasteiger partial charge in [0.25, 0.3) is 5.56 Å². The third-order valence-corrected chi connectivity index (χ3v) is 7.27. The third kappa shape index (κ3) is 7.65. The van der Waals surface area contributed by atoms with Crippen molar-refractivity contribution in [1.82, 2.24) is 25.0 Å². The van der Waals surface area contributed by atoms with E-state index in [1.165, 1.54) is 0 Å². The second-order valence-electron chi connectivity index (χ2n) is 8.80. The van der Waals surface area contributed by atoms with Gasteiger partial charge in [0.15, 0.2) is 5.11 Å². The fraction of sp³-hybridized carbons (Fsp3) is 0.600. The van der Waals surface area contributed by atoms with E-state index < -0.39 is 0 Å². The molecule has 1 aromatic heterocycles. The molecule has 0 aliphatic carbocycles. The Labute approximate surface area is 213 Å². The number of thiocarbonyl (C=S) groups is 1. The van der Waals surface area contributed by atoms with Gasteiger partial charge < -0.3 is 24.8 Å². The van der Waals surface area contributed by atoms with Gasteiger partial charge >= 0.3 is 0 Å². The van der Waals surface area contributed by atoms with Crippen LogP contribution in [0.4, 0.5) is 0 Å². The maximum atomic E-state index is 12.9. The Morgan fingerprint density at radius 2 is 1.94 bits per heavy atom. The molecule has 2 heterocycles. The van der Waals surface area contributed by atoms with E-state index in [1.54, 1.807) is 0 Å². The lowest BCUT2D eigenvalue weighted by Gasteiger charge is -2.31. The van der Waals surface area contributed by atoms with E-state index in [9.17, 15) is 4.79 Å². The van der Waals surface area contributed by atoms with Crippen LogP contribution in [0.2, 0.25) is 5.02 Å². The number of morpholine rings is 1. The van der Waals surface area contributed by atoms with Crippen LogP contribution in [0.5, 0.6) is 0 Å². The van der Waals surface area contributed by atoms with Gasteiger partial charge in [-0.15, -0.1) is 0 Å². The van der Waals surface area contributed by atoms with Crippen molar-refractivity contribution in [2.75, 3.05) is 65.6 Å². The number of fused-ring (bicyclic) bond motifs is 1. The number of aromatic amines is 1. The smallest absolute Gasteiger partial charge is 0.253 e. The van der Waals surface area contributed by atoms with Crippen LogP contribution in [0.15, 0.2) is 23.0 Å². The monoisotopic (exact) mass is 507 g/mol. The molecule has 0 bridgehead atoms. The number of hydrogen-bond donors (Lipinski definition) is 2. The highest BCUT2D eigenvalue weighted by Gasteiger charge is 2.17. The number of H-pyrrole nitrogens is 1. The molecule has 0 saturated carbocycles. The van der Waals surface area contributed by atoms with E-state index in [2.05, 4.69) is 38.8 Å². The van der Waals surface area contributed by atoms with Crippen molar-refractivity contribution in [3.63, 3.8) is 0 Å². The van der Waals surface area contributed by atoms with Crippen LogP contribution in [-0.2, 0) is 11.3 Å². The molecule has 1 aromatic carbocycles. The Morgan fingerprint density at radius 3 is 2.65 bits per heavy atom. The highest BCUT2D eigenvalue weighted by Crippen LogP contribution is 2.22. The second-order valence-corrected chi connectivity index (χ2v) is 9.59. The number of aromatic nitrogens is 1. The normalized spacial score (nSPS) is 14.6. The molecule has 3 rings (SSSR count). The summed E-state index contributed by atoms with van der Waals surface area (Å²) in [7, 11) is 0. The molecule has 2 aromatic rings. The van der Waals surface area contributed by atoms with Crippen molar-refractivity contribution >= 4 is 39.8 Å². The summed E-state index contributed by atoms with van der Waals surface area (Å²) < 4.78 is 5.48. The number of rotatable bonds is 11. The average molecular weight is 508 g/mol. The number of halogens is 1. The zero-order valence-corrected chi connectivity index (χ0v) is 22.2. The van der Waals surface area contributed by atoms with Gasteiger partial charge in [-0.05, 0) is 74.3 Å². The molecule has 1 aliphatic heterocycles. The molecule has 34 heavy (non-hydrogen) atoms. The number of ether oxygens (including phenoxy) is 1. The minimum Gasteiger partial charge on any atom is -0.379 e. The van der Waals surface area contributed by atoms with Crippen LogP contribution in [0.3, 0.4) is 0 Å². The number of benzene rings is 1. The SMILES string of the molecule is CCN(CC)CCCNC(=S)N(CCN1CCOCC1)Cc1cc2cc(C)c(Cl)cc2[nH]c1=O. The first-order valence-corrected chi connectivity index (χ1v) is 13.1. The van der Waals surface area contributed by atoms with E-state index in [1.807, 2.05) is 25.1 Å². The maximum Gasteiger partial charge on any atom is 0.253 e. The molecule has 0 atom stereocenters. The Hall–Kier alpha value is -1.71. The zero-order valence-electron chi connectivity index (χ0n) is 20.7. The van der Waals surface area contributed by atoms with Crippen LogP contribution in [-0.4, -0.2) is 90.4 Å². The number of hydrogen-bond acceptors (Lipinski definition) is 5. The van der Waals surface area contributed by atoms with Crippen molar-refractivity contribution < 1.29 is 4.74 Å². The number of nitrogens with one attached hydrogen (secondary N) is 2. The molecule has 0 radical (unpaired) electrons. The van der Waals surface area contributed by atoms with Crippen molar-refractivity contribution in [3.05, 3.63) is 44.7 Å². The molecule has 7 nitrogen and oxygen atoms in total. The first kappa shape index (κ1) is 26.9. The highest BCUT2D eigenvalue weighted by molar-refractivity contribution is 7.80. The van der Waals surface area contributed by atoms with Crippen molar-refractivity contribution in [3.8, 4) is 0 Å². The van der Waals surface area contributed by atoms with Gasteiger partial charge in [0.05, 0.1) is 19.8 Å². The van der Waals surface area contributed by atoms with E-state index in [-0.39, 0.29) is 5.56 Å². The summed E-state index contributed by atoms with van der Waals surface area (Å²) in [4.78, 5) is 22.8. The lowest BCUT2D eigenvalue weighted by molar-refractivity contribution is 0.0357. The van der Waals surface area contributed by atoms with Gasteiger partial charge in [-0.2, -0.15) is 0 Å². The zero-order chi connectivity index (χ0) is 24.5. The van der Waals surface area contributed by atoms with Crippen LogP contribution >= 0.6 is 23.8 Å². The Kier molecular flexibility index (Phi) is 10.6. The minimum atomic E-state index is -0.104. The molecule has 0 amide bonds. The van der Waals surface area contributed by atoms with E-state index in [0.717, 1.165) is 88.5 Å². The van der Waals surface area contributed by atoms with E-state index in [4.69, 9.17) is 28.6 Å². The maximum absolute atomic E-state index is 12.9. The molecule has 2 N–H and O–H groups in total. The highest BCUT2D eigenvalue weighted by atomic mass is 35.5. The third-order valence-electron chi connectivity index (χ3n) is 6.46. The quantitative estimate of drug-likeness (QED) is 0.357. The average Bonchev–Trinajstić information content (AvgIpc) is 2.84. The van der Waals surface area contributed by atoms with Gasteiger partial charge in [0, 0.05) is 48.8 Å². The van der Waals surface area contributed by atoms with Crippen LogP contribution in [0, 0.1) is 6.92 Å². The van der Waals surface area contributed by atoms with Crippen molar-refractivity contribution in [1.29, 1.82) is 0 Å². The lowest BCUT2D eigenvalue weighted by Crippen LogP contribution is -2.46.